The first-order valence-electron chi connectivity index (χ1n) is 33.5. The van der Waals surface area contributed by atoms with Crippen LogP contribution in [0.15, 0.2) is 82.3 Å². The first kappa shape index (κ1) is 37.7. The molecule has 2 atom stereocenters. The van der Waals surface area contributed by atoms with Crippen molar-refractivity contribution < 1.29 is 0 Å². The van der Waals surface area contributed by atoms with E-state index in [-0.39, 0.29) is 11.8 Å². The van der Waals surface area contributed by atoms with Gasteiger partial charge in [0.05, 0.1) is 8.47 Å². The van der Waals surface area contributed by atoms with Crippen molar-refractivity contribution in [1.29, 1.82) is 0 Å². The number of hydrogen-bond donors (Lipinski definition) is 0. The summed E-state index contributed by atoms with van der Waals surface area (Å²) >= 11 is 7.78. The van der Waals surface area contributed by atoms with Crippen LogP contribution < -0.4 is 10.4 Å². The van der Waals surface area contributed by atoms with E-state index in [1.165, 1.54) is 40.5 Å². The molecule has 32 aromatic rings. The van der Waals surface area contributed by atoms with Gasteiger partial charge in [0, 0.05) is 33.1 Å². The highest BCUT2D eigenvalue weighted by Crippen LogP contribution is 2.90. The third-order valence-corrected chi connectivity index (χ3v) is 35.3. The second-order valence-corrected chi connectivity index (χ2v) is 36.0. The first-order chi connectivity index (χ1) is 45.9. The van der Waals surface area contributed by atoms with Gasteiger partial charge >= 0.3 is 0 Å². The van der Waals surface area contributed by atoms with Crippen molar-refractivity contribution in [3.05, 3.63) is 137 Å². The molecule has 4 heteroatoms. The van der Waals surface area contributed by atoms with Crippen LogP contribution in [0.5, 0.6) is 0 Å². The molecule has 2 aliphatic heterocycles. The zero-order valence-electron chi connectivity index (χ0n) is 46.9. The average Bonchev–Trinajstić information content (AvgIpc) is 1.37. The van der Waals surface area contributed by atoms with Gasteiger partial charge in [0.1, 0.15) is 0 Å². The summed E-state index contributed by atoms with van der Waals surface area (Å²) in [5.74, 6) is 0.108. The molecule has 2 spiro atoms. The van der Waals surface area contributed by atoms with E-state index in [0.29, 0.717) is 0 Å². The molecule has 2 bridgehead atoms. The number of rotatable bonds is 0. The lowest BCUT2D eigenvalue weighted by molar-refractivity contribution is 0.219. The van der Waals surface area contributed by atoms with Gasteiger partial charge in [-0.3, -0.25) is 0 Å². The maximum Gasteiger partial charge on any atom is 0.0571 e. The molecule has 7 aliphatic carbocycles. The van der Waals surface area contributed by atoms with Crippen molar-refractivity contribution in [1.82, 2.24) is 0 Å². The van der Waals surface area contributed by atoms with Gasteiger partial charge in [0.2, 0.25) is 0 Å². The second-order valence-electron chi connectivity index (χ2n) is 31.8. The molecule has 41 rings (SSSR count). The van der Waals surface area contributed by atoms with Gasteiger partial charge in [0.25, 0.3) is 0 Å². The fraction of sp³-hybridized carbons (Fsp3) is 0.0455. The fourth-order valence-corrected chi connectivity index (χ4v) is 34.4. The van der Waals surface area contributed by atoms with Crippen LogP contribution in [0, 0.1) is 0 Å². The van der Waals surface area contributed by atoms with Gasteiger partial charge in [-0.25, -0.2) is 0 Å². The van der Waals surface area contributed by atoms with Crippen LogP contribution in [0.3, 0.4) is 0 Å². The van der Waals surface area contributed by atoms with Crippen molar-refractivity contribution in [3.8, 4) is 0 Å². The minimum absolute atomic E-state index is 0.0539. The van der Waals surface area contributed by atoms with E-state index in [1.807, 2.05) is 47.0 Å². The third kappa shape index (κ3) is 2.33. The first-order valence-corrected chi connectivity index (χ1v) is 37.0. The Hall–Kier alpha value is -9.52. The molecule has 32 aromatic carbocycles. The molecule has 0 radical (unpaired) electrons. The largest absolute Gasteiger partial charge is 0.0895 e. The van der Waals surface area contributed by atoms with Gasteiger partial charge in [-0.15, -0.1) is 0 Å². The summed E-state index contributed by atoms with van der Waals surface area (Å²) in [6.45, 7) is 0. The molecule has 2 heterocycles. The minimum Gasteiger partial charge on any atom is -0.0895 e. The minimum atomic E-state index is -0.445. The standard InChI is InChI=1S/C88H16S4/c1-2-6-16-15(5-1)23(85-89-9-10-90-85)19-13-21-22(14-20(19)24(16)86-91-11-12-92-86)80-18-8-4-3-7-17(18)79(21)87-81-71-63-53-43-35-27-25-26-29-33-31(27)39-47-41(33)51-45-37(29)38-30(26)34-32-28(25)36(35)44-50-40(32)48-42(34)52-46(38)56-55(45)65-59(51)69-61(47)67(57(63)49(39)43)75(81)77(69)83-73(65)74-66(56)60(52)70-62(48)68-58(50)64(54(44)53)72(71)82(87)76(68)78(70)84(74)88(80,83)87/h1-14,79-80H/t79-,80+,87?,88?. The highest BCUT2D eigenvalue weighted by Gasteiger charge is 2.78. The maximum atomic E-state index is 2.91. The summed E-state index contributed by atoms with van der Waals surface area (Å²) in [6, 6.07) is 25.7. The molecule has 9 aliphatic rings. The highest BCUT2D eigenvalue weighted by molar-refractivity contribution is 8.35. The van der Waals surface area contributed by atoms with Crippen LogP contribution in [-0.4, -0.2) is 0 Å². The van der Waals surface area contributed by atoms with E-state index in [4.69, 9.17) is 0 Å². The summed E-state index contributed by atoms with van der Waals surface area (Å²) in [4.78, 5) is 0. The Balaban J connectivity index is 0.934. The normalized spacial score (nSPS) is 23.2. The summed E-state index contributed by atoms with van der Waals surface area (Å²) < 4.78 is 2.83. The van der Waals surface area contributed by atoms with Crippen LogP contribution in [0.25, 0.3) is 321 Å². The van der Waals surface area contributed by atoms with Gasteiger partial charge in [0.15, 0.2) is 0 Å². The Bertz CT molecular complexity index is 8690. The van der Waals surface area contributed by atoms with E-state index in [9.17, 15) is 0 Å². The molecule has 392 valence electrons. The average molecular weight is 1200 g/mol. The van der Waals surface area contributed by atoms with Gasteiger partial charge in [-0.05, 0) is 391 Å². The predicted molar refractivity (Wildman–Crippen MR) is 400 cm³/mol. The quantitative estimate of drug-likeness (QED) is 0.110. The molecule has 0 N–H and O–H groups in total. The van der Waals surface area contributed by atoms with Crippen LogP contribution in [-0.2, 0) is 10.8 Å². The molecule has 0 saturated carbocycles. The van der Waals surface area contributed by atoms with Gasteiger partial charge < -0.3 is 0 Å². The zero-order chi connectivity index (χ0) is 55.3. The molecule has 0 aromatic heterocycles. The summed E-state index contributed by atoms with van der Waals surface area (Å²) in [5, 5.41) is 108. The molecule has 0 fully saturated rings. The molecule has 92 heavy (non-hydrogen) atoms. The molecular weight excluding hydrogens is 1190 g/mol. The van der Waals surface area contributed by atoms with E-state index in [2.05, 4.69) is 82.3 Å². The van der Waals surface area contributed by atoms with Crippen molar-refractivity contribution in [2.75, 3.05) is 0 Å². The Morgan fingerprint density at radius 1 is 0.196 bits per heavy atom. The van der Waals surface area contributed by atoms with Gasteiger partial charge in [-0.2, -0.15) is 0 Å². The summed E-state index contributed by atoms with van der Waals surface area (Å²) in [7, 11) is 0. The Morgan fingerprint density at radius 2 is 0.380 bits per heavy atom. The highest BCUT2D eigenvalue weighted by atomic mass is 32.2. The van der Waals surface area contributed by atoms with Crippen LogP contribution in [0.4, 0.5) is 0 Å². The second kappa shape index (κ2) is 9.44. The van der Waals surface area contributed by atoms with E-state index in [1.54, 1.807) is 335 Å². The fourth-order valence-electron chi connectivity index (χ4n) is 30.5. The smallest absolute Gasteiger partial charge is 0.0571 e. The van der Waals surface area contributed by atoms with Crippen LogP contribution in [0.1, 0.15) is 56.3 Å². The van der Waals surface area contributed by atoms with Crippen molar-refractivity contribution in [2.24, 2.45) is 0 Å². The van der Waals surface area contributed by atoms with Crippen molar-refractivity contribution in [2.45, 2.75) is 22.7 Å². The zero-order valence-corrected chi connectivity index (χ0v) is 50.1. The summed E-state index contributed by atoms with van der Waals surface area (Å²) in [5.41, 5.74) is 12.7. The lowest BCUT2D eigenvalue weighted by atomic mass is 9.33. The third-order valence-electron chi connectivity index (χ3n) is 31.0. The van der Waals surface area contributed by atoms with Crippen molar-refractivity contribution in [3.63, 3.8) is 0 Å². The molecular formula is C88H16S4. The lowest BCUT2D eigenvalue weighted by Crippen LogP contribution is -2.64. The molecule has 0 saturated heterocycles. The van der Waals surface area contributed by atoms with E-state index in [0.717, 1.165) is 0 Å². The molecule has 0 nitrogen and oxygen atoms in total. The Labute approximate surface area is 523 Å². The molecule has 0 amide bonds. The predicted octanol–water partition coefficient (Wildman–Crippen LogP) is 23.9. The lowest BCUT2D eigenvalue weighted by Gasteiger charge is -2.67. The maximum absolute atomic E-state index is 2.91. The number of hydrogen-bond acceptors (Lipinski definition) is 4. The van der Waals surface area contributed by atoms with E-state index >= 15 is 0 Å². The van der Waals surface area contributed by atoms with Crippen LogP contribution in [0.2, 0.25) is 0 Å². The Kier molecular flexibility index (Phi) is 3.87. The molecule has 0 unspecified atom stereocenters. The van der Waals surface area contributed by atoms with Crippen LogP contribution >= 0.6 is 47.0 Å². The van der Waals surface area contributed by atoms with E-state index < -0.39 is 10.8 Å². The monoisotopic (exact) mass is 1200 g/mol. The Morgan fingerprint density at radius 3 is 0.587 bits per heavy atom. The number of fused-ring (bicyclic) bond motifs is 2. The SMILES string of the molecule is C1=CSC(=c2c3ccccc3c(=C3SC=CS3)c3cc4c(cc23)[C@H]2c3ccccc3[C@@H]4C34c5c6c7c8c9c%10c(c%11c%12c3c3c5c5c%13c6c6c7c7c9c9c%14c%10c%10c%11c%11c%12c%12c3c3c5c5c%13c%13c6c6c7c9c7c9c%14c%10c%10c%11c%11c%12c3c3c5c5c%13c6c7c6c9c%10c%11c3c56)C824)S1. The van der Waals surface area contributed by atoms with Gasteiger partial charge in [-0.1, -0.05) is 95.6 Å². The summed E-state index contributed by atoms with van der Waals surface area (Å²) in [6.07, 6.45) is 0. The number of benzene rings is 22. The number of thioether (sulfide) groups is 4. The topological polar surface area (TPSA) is 0 Å². The van der Waals surface area contributed by atoms with Crippen molar-refractivity contribution >= 4 is 368 Å².